The summed E-state index contributed by atoms with van der Waals surface area (Å²) in [6.45, 7) is 3.43. The van der Waals surface area contributed by atoms with Crippen molar-refractivity contribution < 1.29 is 19.4 Å². The Hall–Kier alpha value is -3.40. The van der Waals surface area contributed by atoms with Gasteiger partial charge in [-0.2, -0.15) is 0 Å². The number of hydrogen-bond donors (Lipinski definition) is 4. The molecule has 0 unspecified atom stereocenters. The number of amides is 1. The van der Waals surface area contributed by atoms with Crippen LogP contribution in [0.3, 0.4) is 0 Å². The van der Waals surface area contributed by atoms with E-state index in [0.29, 0.717) is 40.4 Å². The van der Waals surface area contributed by atoms with Crippen LogP contribution in [0.5, 0.6) is 0 Å². The molecule has 2 aromatic carbocycles. The number of rotatable bonds is 11. The number of hydrogen-bond acceptors (Lipinski definition) is 6. The first kappa shape index (κ1) is 27.6. The first-order valence-corrected chi connectivity index (χ1v) is 12.8. The summed E-state index contributed by atoms with van der Waals surface area (Å²) in [5.74, 6) is -0.612. The van der Waals surface area contributed by atoms with Crippen LogP contribution in [0.15, 0.2) is 60.9 Å². The summed E-state index contributed by atoms with van der Waals surface area (Å²) in [4.78, 5) is 29.2. The Morgan fingerprint density at radius 3 is 2.58 bits per heavy atom. The number of aromatic amines is 1. The quantitative estimate of drug-likeness (QED) is 0.221. The standard InChI is InChI=1S/C28H31ClFN5O3/c1-28(2,38)11-10-18(26-32-16-25(29)35-26)14-24(36)22(13-17-6-5-7-19(30)12-17)34-27(37)23-15-31-20-8-3-4-9-21(20)33-23/h3-9,12,15-16,18,22,24,36,38H,10-11,13-14H2,1-2H3,(H,32,35)(H,34,37)/t18-,22-,24-/m0/s1. The van der Waals surface area contributed by atoms with Gasteiger partial charge in [0.2, 0.25) is 0 Å². The van der Waals surface area contributed by atoms with Crippen molar-refractivity contribution in [2.45, 2.75) is 63.2 Å². The highest BCUT2D eigenvalue weighted by Crippen LogP contribution is 2.29. The first-order valence-electron chi connectivity index (χ1n) is 12.5. The summed E-state index contributed by atoms with van der Waals surface area (Å²) >= 11 is 6.06. The maximum absolute atomic E-state index is 13.9. The van der Waals surface area contributed by atoms with Gasteiger partial charge in [0.25, 0.3) is 5.91 Å². The van der Waals surface area contributed by atoms with E-state index in [1.165, 1.54) is 24.5 Å². The molecule has 1 amide bonds. The highest BCUT2D eigenvalue weighted by molar-refractivity contribution is 6.29. The van der Waals surface area contributed by atoms with Gasteiger partial charge in [-0.3, -0.25) is 9.78 Å². The number of fused-ring (bicyclic) bond motifs is 1. The zero-order chi connectivity index (χ0) is 27.3. The van der Waals surface area contributed by atoms with E-state index in [4.69, 9.17) is 11.6 Å². The predicted octanol–water partition coefficient (Wildman–Crippen LogP) is 4.57. The Labute approximate surface area is 225 Å². The largest absolute Gasteiger partial charge is 0.391 e. The molecule has 0 saturated carbocycles. The Bertz CT molecular complexity index is 1390. The molecule has 4 rings (SSSR count). The Morgan fingerprint density at radius 1 is 1.13 bits per heavy atom. The van der Waals surface area contributed by atoms with Crippen LogP contribution in [0, 0.1) is 5.82 Å². The van der Waals surface area contributed by atoms with Crippen LogP contribution in [0.2, 0.25) is 5.15 Å². The van der Waals surface area contributed by atoms with Crippen molar-refractivity contribution in [3.05, 3.63) is 89.0 Å². The van der Waals surface area contributed by atoms with E-state index in [2.05, 4.69) is 25.3 Å². The van der Waals surface area contributed by atoms with Gasteiger partial charge in [-0.15, -0.1) is 0 Å². The van der Waals surface area contributed by atoms with Crippen molar-refractivity contribution in [3.8, 4) is 0 Å². The summed E-state index contributed by atoms with van der Waals surface area (Å²) in [5.41, 5.74) is 1.05. The van der Waals surface area contributed by atoms with E-state index in [9.17, 15) is 19.4 Å². The number of carbonyl (C=O) groups is 1. The average molecular weight is 540 g/mol. The summed E-state index contributed by atoms with van der Waals surface area (Å²) in [5, 5.41) is 24.9. The second-order valence-electron chi connectivity index (χ2n) is 10.1. The molecule has 0 bridgehead atoms. The van der Waals surface area contributed by atoms with Crippen molar-refractivity contribution in [2.75, 3.05) is 0 Å². The lowest BCUT2D eigenvalue weighted by atomic mass is 9.87. The van der Waals surface area contributed by atoms with Crippen LogP contribution in [-0.2, 0) is 6.42 Å². The van der Waals surface area contributed by atoms with Gasteiger partial charge in [0.05, 0.1) is 41.2 Å². The van der Waals surface area contributed by atoms with E-state index in [1.807, 2.05) is 12.1 Å². The molecule has 4 N–H and O–H groups in total. The number of aliphatic hydroxyl groups excluding tert-OH is 1. The van der Waals surface area contributed by atoms with Gasteiger partial charge in [-0.05, 0) is 69.4 Å². The van der Waals surface area contributed by atoms with E-state index in [-0.39, 0.29) is 24.5 Å². The number of imidazole rings is 1. The zero-order valence-electron chi connectivity index (χ0n) is 21.2. The number of halogens is 2. The van der Waals surface area contributed by atoms with Crippen molar-refractivity contribution in [1.82, 2.24) is 25.3 Å². The van der Waals surface area contributed by atoms with Gasteiger partial charge in [0.1, 0.15) is 22.5 Å². The van der Waals surface area contributed by atoms with Gasteiger partial charge in [0, 0.05) is 5.92 Å². The molecule has 0 fully saturated rings. The summed E-state index contributed by atoms with van der Waals surface area (Å²) in [6.07, 6.45) is 3.21. The molecule has 3 atom stereocenters. The number of aliphatic hydroxyl groups is 2. The van der Waals surface area contributed by atoms with Crippen LogP contribution in [0.1, 0.15) is 60.9 Å². The summed E-state index contributed by atoms with van der Waals surface area (Å²) in [7, 11) is 0. The van der Waals surface area contributed by atoms with E-state index < -0.39 is 29.5 Å². The molecule has 0 aliphatic carbocycles. The SMILES string of the molecule is CC(C)(O)CC[C@@H](C[C@H](O)[C@H](Cc1cccc(F)c1)NC(=O)c1cnc2ccccc2n1)c1ncc(Cl)[nH]1. The molecule has 10 heteroatoms. The highest BCUT2D eigenvalue weighted by atomic mass is 35.5. The molecule has 0 spiro atoms. The molecule has 2 heterocycles. The molecule has 200 valence electrons. The lowest BCUT2D eigenvalue weighted by Crippen LogP contribution is -2.45. The minimum absolute atomic E-state index is 0.108. The molecule has 0 aliphatic heterocycles. The number of H-pyrrole nitrogens is 1. The number of para-hydroxylation sites is 2. The summed E-state index contributed by atoms with van der Waals surface area (Å²) < 4.78 is 13.9. The molecule has 0 saturated heterocycles. The Kier molecular flexibility index (Phi) is 8.71. The predicted molar refractivity (Wildman–Crippen MR) is 143 cm³/mol. The van der Waals surface area contributed by atoms with E-state index >= 15 is 0 Å². The molecule has 2 aromatic heterocycles. The topological polar surface area (TPSA) is 124 Å². The number of aromatic nitrogens is 4. The van der Waals surface area contributed by atoms with Gasteiger partial charge < -0.3 is 20.5 Å². The molecule has 4 aromatic rings. The Morgan fingerprint density at radius 2 is 1.89 bits per heavy atom. The van der Waals surface area contributed by atoms with E-state index in [0.717, 1.165) is 0 Å². The molecule has 8 nitrogen and oxygen atoms in total. The highest BCUT2D eigenvalue weighted by Gasteiger charge is 2.29. The molecule has 38 heavy (non-hydrogen) atoms. The third kappa shape index (κ3) is 7.56. The van der Waals surface area contributed by atoms with Crippen molar-refractivity contribution in [2.24, 2.45) is 0 Å². The number of nitrogens with zero attached hydrogens (tertiary/aromatic N) is 3. The Balaban J connectivity index is 1.58. The van der Waals surface area contributed by atoms with Crippen molar-refractivity contribution in [3.63, 3.8) is 0 Å². The van der Waals surface area contributed by atoms with Crippen LogP contribution >= 0.6 is 11.6 Å². The molecule has 0 radical (unpaired) electrons. The fourth-order valence-electron chi connectivity index (χ4n) is 4.38. The fourth-order valence-corrected chi connectivity index (χ4v) is 4.53. The lowest BCUT2D eigenvalue weighted by Gasteiger charge is -2.28. The maximum Gasteiger partial charge on any atom is 0.271 e. The van der Waals surface area contributed by atoms with E-state index in [1.54, 1.807) is 38.1 Å². The van der Waals surface area contributed by atoms with Crippen LogP contribution < -0.4 is 5.32 Å². The fraction of sp³-hybridized carbons (Fsp3) is 0.357. The molecular weight excluding hydrogens is 509 g/mol. The van der Waals surface area contributed by atoms with Crippen molar-refractivity contribution in [1.29, 1.82) is 0 Å². The third-order valence-electron chi connectivity index (χ3n) is 6.39. The molecule has 0 aliphatic rings. The smallest absolute Gasteiger partial charge is 0.271 e. The minimum Gasteiger partial charge on any atom is -0.391 e. The summed E-state index contributed by atoms with van der Waals surface area (Å²) in [6, 6.07) is 12.5. The minimum atomic E-state index is -1.04. The number of benzene rings is 2. The van der Waals surface area contributed by atoms with Gasteiger partial charge in [-0.1, -0.05) is 35.9 Å². The normalized spacial score (nSPS) is 14.3. The van der Waals surface area contributed by atoms with Crippen LogP contribution in [0.25, 0.3) is 11.0 Å². The van der Waals surface area contributed by atoms with Gasteiger partial charge >= 0.3 is 0 Å². The monoisotopic (exact) mass is 539 g/mol. The van der Waals surface area contributed by atoms with Crippen molar-refractivity contribution >= 4 is 28.5 Å². The van der Waals surface area contributed by atoms with Gasteiger partial charge in [-0.25, -0.2) is 14.4 Å². The average Bonchev–Trinajstić information content (AvgIpc) is 3.31. The van der Waals surface area contributed by atoms with Crippen LogP contribution in [-0.4, -0.2) is 53.8 Å². The molecular formula is C28H31ClFN5O3. The van der Waals surface area contributed by atoms with Gasteiger partial charge in [0.15, 0.2) is 0 Å². The second-order valence-corrected chi connectivity index (χ2v) is 10.5. The zero-order valence-corrected chi connectivity index (χ0v) is 22.0. The first-order chi connectivity index (χ1) is 18.1. The maximum atomic E-state index is 13.9. The number of nitrogens with one attached hydrogen (secondary N) is 2. The third-order valence-corrected chi connectivity index (χ3v) is 6.58. The van der Waals surface area contributed by atoms with Crippen LogP contribution in [0.4, 0.5) is 4.39 Å². The lowest BCUT2D eigenvalue weighted by molar-refractivity contribution is 0.0594. The second kappa shape index (κ2) is 12.0. The number of carbonyl (C=O) groups excluding carboxylic acids is 1.